The highest BCUT2D eigenvalue weighted by Crippen LogP contribution is 2.23. The molecular weight excluding hydrogens is 376 g/mol. The van der Waals surface area contributed by atoms with Gasteiger partial charge in [0.25, 0.3) is 5.91 Å². The second-order valence-corrected chi connectivity index (χ2v) is 8.93. The van der Waals surface area contributed by atoms with Gasteiger partial charge in [0.05, 0.1) is 17.1 Å². The van der Waals surface area contributed by atoms with Crippen molar-refractivity contribution in [1.82, 2.24) is 4.31 Å². The lowest BCUT2D eigenvalue weighted by Crippen LogP contribution is -2.48. The van der Waals surface area contributed by atoms with E-state index in [4.69, 9.17) is 4.74 Å². The van der Waals surface area contributed by atoms with E-state index in [0.29, 0.717) is 25.2 Å². The van der Waals surface area contributed by atoms with Crippen molar-refractivity contribution in [2.75, 3.05) is 24.5 Å². The Morgan fingerprint density at radius 3 is 2.32 bits per heavy atom. The van der Waals surface area contributed by atoms with E-state index in [1.165, 1.54) is 16.4 Å². The molecule has 0 aromatic heterocycles. The summed E-state index contributed by atoms with van der Waals surface area (Å²) in [6, 6.07) is 15.6. The summed E-state index contributed by atoms with van der Waals surface area (Å²) in [5.74, 6) is -0.227. The van der Waals surface area contributed by atoms with Crippen molar-refractivity contribution in [2.45, 2.75) is 37.9 Å². The van der Waals surface area contributed by atoms with Gasteiger partial charge in [-0.25, -0.2) is 8.42 Å². The molecule has 3 rings (SSSR count). The van der Waals surface area contributed by atoms with E-state index in [9.17, 15) is 13.2 Å². The number of morpholine rings is 1. The quantitative estimate of drug-likeness (QED) is 0.771. The van der Waals surface area contributed by atoms with Gasteiger partial charge in [0, 0.05) is 30.9 Å². The number of carbonyl (C=O) groups excluding carboxylic acids is 1. The van der Waals surface area contributed by atoms with Crippen LogP contribution in [0.5, 0.6) is 0 Å². The Morgan fingerprint density at radius 1 is 1.07 bits per heavy atom. The maximum absolute atomic E-state index is 13.1. The van der Waals surface area contributed by atoms with E-state index in [0.717, 1.165) is 5.69 Å². The molecule has 28 heavy (non-hydrogen) atoms. The highest BCUT2D eigenvalue weighted by Gasteiger charge is 2.32. The van der Waals surface area contributed by atoms with Gasteiger partial charge in [0.1, 0.15) is 0 Å². The molecule has 0 saturated carbocycles. The molecule has 1 aliphatic rings. The fraction of sp³-hybridized carbons (Fsp3) is 0.381. The van der Waals surface area contributed by atoms with Crippen LogP contribution in [0.2, 0.25) is 0 Å². The van der Waals surface area contributed by atoms with E-state index >= 15 is 0 Å². The Balaban J connectivity index is 1.90. The van der Waals surface area contributed by atoms with Gasteiger partial charge in [-0.1, -0.05) is 24.3 Å². The number of hydrogen-bond acceptors (Lipinski definition) is 4. The summed E-state index contributed by atoms with van der Waals surface area (Å²) >= 11 is 0. The maximum atomic E-state index is 13.1. The fourth-order valence-electron chi connectivity index (χ4n) is 3.47. The molecule has 1 heterocycles. The SMILES string of the molecule is CCN(C(=O)c1cccc(S(=O)(=O)N2C[C@@H](C)O[C@@H](C)C2)c1)c1ccccc1. The van der Waals surface area contributed by atoms with Gasteiger partial charge in [0.15, 0.2) is 0 Å². The average Bonchev–Trinajstić information content (AvgIpc) is 2.68. The van der Waals surface area contributed by atoms with Crippen molar-refractivity contribution >= 4 is 21.6 Å². The molecule has 6 nitrogen and oxygen atoms in total. The lowest BCUT2D eigenvalue weighted by atomic mass is 10.2. The van der Waals surface area contributed by atoms with E-state index in [1.807, 2.05) is 51.1 Å². The largest absolute Gasteiger partial charge is 0.373 e. The first-order valence-electron chi connectivity index (χ1n) is 9.45. The topological polar surface area (TPSA) is 66.9 Å². The third kappa shape index (κ3) is 4.27. The summed E-state index contributed by atoms with van der Waals surface area (Å²) in [6.45, 7) is 6.69. The Labute approximate surface area is 166 Å². The first-order chi connectivity index (χ1) is 13.3. The van der Waals surface area contributed by atoms with Gasteiger partial charge in [-0.2, -0.15) is 4.31 Å². The molecule has 0 unspecified atom stereocenters. The number of rotatable bonds is 5. The van der Waals surface area contributed by atoms with Crippen LogP contribution < -0.4 is 4.90 Å². The molecule has 1 fully saturated rings. The Kier molecular flexibility index (Phi) is 6.17. The Bertz CT molecular complexity index is 920. The number of amides is 1. The first kappa shape index (κ1) is 20.5. The summed E-state index contributed by atoms with van der Waals surface area (Å²) in [5.41, 5.74) is 1.13. The molecule has 0 radical (unpaired) electrons. The summed E-state index contributed by atoms with van der Waals surface area (Å²) in [6.07, 6.45) is -0.339. The molecule has 0 bridgehead atoms. The van der Waals surface area contributed by atoms with Crippen molar-refractivity contribution in [3.63, 3.8) is 0 Å². The third-order valence-electron chi connectivity index (χ3n) is 4.73. The van der Waals surface area contributed by atoms with E-state index in [1.54, 1.807) is 17.0 Å². The molecule has 1 saturated heterocycles. The fourth-order valence-corrected chi connectivity index (χ4v) is 5.11. The zero-order valence-electron chi connectivity index (χ0n) is 16.4. The monoisotopic (exact) mass is 402 g/mol. The number of carbonyl (C=O) groups is 1. The predicted octanol–water partition coefficient (Wildman–Crippen LogP) is 3.15. The smallest absolute Gasteiger partial charge is 0.258 e. The lowest BCUT2D eigenvalue weighted by molar-refractivity contribution is -0.0440. The number of nitrogens with zero attached hydrogens (tertiary/aromatic N) is 2. The van der Waals surface area contributed by atoms with Crippen LogP contribution in [0.3, 0.4) is 0 Å². The maximum Gasteiger partial charge on any atom is 0.258 e. The number of anilines is 1. The number of sulfonamides is 1. The minimum Gasteiger partial charge on any atom is -0.373 e. The number of para-hydroxylation sites is 1. The molecule has 150 valence electrons. The minimum atomic E-state index is -3.70. The van der Waals surface area contributed by atoms with Gasteiger partial charge < -0.3 is 9.64 Å². The van der Waals surface area contributed by atoms with Gasteiger partial charge in [-0.3, -0.25) is 4.79 Å². The molecule has 1 amide bonds. The Morgan fingerprint density at radius 2 is 1.71 bits per heavy atom. The summed E-state index contributed by atoms with van der Waals surface area (Å²) in [4.78, 5) is 14.8. The molecule has 7 heteroatoms. The summed E-state index contributed by atoms with van der Waals surface area (Å²) in [7, 11) is -3.70. The van der Waals surface area contributed by atoms with Gasteiger partial charge >= 0.3 is 0 Å². The van der Waals surface area contributed by atoms with Crippen LogP contribution in [0.4, 0.5) is 5.69 Å². The number of hydrogen-bond donors (Lipinski definition) is 0. The van der Waals surface area contributed by atoms with E-state index < -0.39 is 10.0 Å². The standard InChI is InChI=1S/C21H26N2O4S/c1-4-23(19-10-6-5-7-11-19)21(24)18-9-8-12-20(13-18)28(25,26)22-14-16(2)27-17(3)15-22/h5-13,16-17H,4,14-15H2,1-3H3/t16-,17+. The molecule has 1 aliphatic heterocycles. The molecule has 2 atom stereocenters. The Hall–Kier alpha value is -2.22. The zero-order valence-corrected chi connectivity index (χ0v) is 17.2. The third-order valence-corrected chi connectivity index (χ3v) is 6.56. The van der Waals surface area contributed by atoms with E-state index in [-0.39, 0.29) is 23.0 Å². The first-order valence-corrected chi connectivity index (χ1v) is 10.9. The normalized spacial score (nSPS) is 20.7. The lowest BCUT2D eigenvalue weighted by Gasteiger charge is -2.34. The van der Waals surface area contributed by atoms with Crippen molar-refractivity contribution in [2.24, 2.45) is 0 Å². The molecule has 0 aliphatic carbocycles. The van der Waals surface area contributed by atoms with Crippen LogP contribution in [-0.4, -0.2) is 50.5 Å². The van der Waals surface area contributed by atoms with E-state index in [2.05, 4.69) is 0 Å². The van der Waals surface area contributed by atoms with Gasteiger partial charge in [-0.05, 0) is 51.1 Å². The highest BCUT2D eigenvalue weighted by molar-refractivity contribution is 7.89. The molecule has 2 aromatic carbocycles. The van der Waals surface area contributed by atoms with Crippen molar-refractivity contribution in [3.05, 3.63) is 60.2 Å². The average molecular weight is 403 g/mol. The predicted molar refractivity (Wildman–Crippen MR) is 109 cm³/mol. The van der Waals surface area contributed by atoms with Crippen molar-refractivity contribution < 1.29 is 17.9 Å². The summed E-state index contributed by atoms with van der Waals surface area (Å²) in [5, 5.41) is 0. The van der Waals surface area contributed by atoms with Crippen molar-refractivity contribution in [3.8, 4) is 0 Å². The molecular formula is C21H26N2O4S. The molecule has 2 aromatic rings. The zero-order chi connectivity index (χ0) is 20.3. The van der Waals surface area contributed by atoms with Crippen LogP contribution in [0.1, 0.15) is 31.1 Å². The second-order valence-electron chi connectivity index (χ2n) is 6.99. The van der Waals surface area contributed by atoms with Crippen LogP contribution >= 0.6 is 0 Å². The second kappa shape index (κ2) is 8.43. The number of benzene rings is 2. The van der Waals surface area contributed by atoms with Crippen LogP contribution in [0.15, 0.2) is 59.5 Å². The van der Waals surface area contributed by atoms with Crippen LogP contribution in [0.25, 0.3) is 0 Å². The number of ether oxygens (including phenoxy) is 1. The van der Waals surface area contributed by atoms with Gasteiger partial charge in [-0.15, -0.1) is 0 Å². The van der Waals surface area contributed by atoms with Crippen molar-refractivity contribution in [1.29, 1.82) is 0 Å². The minimum absolute atomic E-state index is 0.128. The highest BCUT2D eigenvalue weighted by atomic mass is 32.2. The molecule has 0 N–H and O–H groups in total. The van der Waals surface area contributed by atoms with Crippen LogP contribution in [0, 0.1) is 0 Å². The molecule has 0 spiro atoms. The van der Waals surface area contributed by atoms with Gasteiger partial charge in [0.2, 0.25) is 10.0 Å². The summed E-state index contributed by atoms with van der Waals surface area (Å²) < 4.78 is 33.3. The van der Waals surface area contributed by atoms with Crippen LogP contribution in [-0.2, 0) is 14.8 Å².